The predicted molar refractivity (Wildman–Crippen MR) is 112 cm³/mol. The van der Waals surface area contributed by atoms with E-state index in [9.17, 15) is 55.5 Å². The first-order chi connectivity index (χ1) is 17.3. The van der Waals surface area contributed by atoms with Gasteiger partial charge in [0.05, 0.1) is 12.7 Å². The Bertz CT molecular complexity index is 802. The summed E-state index contributed by atoms with van der Waals surface area (Å²) < 4.78 is 26.7. The average molecular weight is 543 g/mol. The maximum atomic E-state index is 11.6. The number of rotatable bonds is 7. The molecule has 1 amide bonds. The van der Waals surface area contributed by atoms with Crippen LogP contribution in [0, 0.1) is 0 Å². The lowest BCUT2D eigenvalue weighted by Gasteiger charge is -2.48. The molecule has 0 aromatic rings. The molecule has 10 N–H and O–H groups in total. The molecule has 15 atom stereocenters. The SMILES string of the molecule is CC(=O)N[C@@H]1[C@@H](O[C@@H]2O[C@@H](C)[C@@H](O)[C@@H](O[C@H]3O[C@H](C(=O)O)[C@@H](O)[C@H](O)[C@H]3O)[C@@H]2O)[C@H](O)[C@@H](CO)O[C@H]1O. The number of ether oxygens (including phenoxy) is 5. The molecule has 0 radical (unpaired) electrons. The third kappa shape index (κ3) is 6.19. The minimum absolute atomic E-state index is 0.636. The van der Waals surface area contributed by atoms with Crippen molar-refractivity contribution in [2.24, 2.45) is 0 Å². The lowest BCUT2D eigenvalue weighted by molar-refractivity contribution is -0.367. The Morgan fingerprint density at radius 3 is 1.95 bits per heavy atom. The molecule has 17 nitrogen and oxygen atoms in total. The van der Waals surface area contributed by atoms with Crippen molar-refractivity contribution in [2.75, 3.05) is 6.61 Å². The summed E-state index contributed by atoms with van der Waals surface area (Å²) in [5, 5.41) is 93.4. The van der Waals surface area contributed by atoms with Crippen LogP contribution in [0.25, 0.3) is 0 Å². The van der Waals surface area contributed by atoms with Gasteiger partial charge in [0.2, 0.25) is 5.91 Å². The molecule has 0 spiro atoms. The van der Waals surface area contributed by atoms with E-state index in [1.165, 1.54) is 6.92 Å². The van der Waals surface area contributed by atoms with Crippen molar-refractivity contribution >= 4 is 11.9 Å². The zero-order valence-electron chi connectivity index (χ0n) is 19.8. The monoisotopic (exact) mass is 543 g/mol. The first kappa shape index (κ1) is 30.0. The predicted octanol–water partition coefficient (Wildman–Crippen LogP) is -6.31. The minimum atomic E-state index is -2.01. The summed E-state index contributed by atoms with van der Waals surface area (Å²) in [6.45, 7) is 1.72. The zero-order valence-corrected chi connectivity index (χ0v) is 19.8. The highest BCUT2D eigenvalue weighted by atomic mass is 16.7. The molecule has 17 heteroatoms. The van der Waals surface area contributed by atoms with Crippen molar-refractivity contribution in [1.29, 1.82) is 0 Å². The van der Waals surface area contributed by atoms with Crippen LogP contribution >= 0.6 is 0 Å². The highest BCUT2D eigenvalue weighted by Crippen LogP contribution is 2.32. The number of carbonyl (C=O) groups excluding carboxylic acids is 1. The van der Waals surface area contributed by atoms with Crippen molar-refractivity contribution in [3.63, 3.8) is 0 Å². The number of aliphatic hydroxyl groups excluding tert-OH is 8. The van der Waals surface area contributed by atoms with E-state index in [-0.39, 0.29) is 0 Å². The quantitative estimate of drug-likeness (QED) is 0.143. The van der Waals surface area contributed by atoms with Gasteiger partial charge in [-0.2, -0.15) is 0 Å². The van der Waals surface area contributed by atoms with Crippen molar-refractivity contribution < 1.29 is 79.2 Å². The van der Waals surface area contributed by atoms with Gasteiger partial charge in [0.1, 0.15) is 61.0 Å². The van der Waals surface area contributed by atoms with E-state index in [1.54, 1.807) is 0 Å². The Hall–Kier alpha value is -1.58. The van der Waals surface area contributed by atoms with Crippen LogP contribution < -0.4 is 5.32 Å². The molecule has 0 bridgehead atoms. The summed E-state index contributed by atoms with van der Waals surface area (Å²) in [4.78, 5) is 23.0. The molecule has 0 unspecified atom stereocenters. The van der Waals surface area contributed by atoms with Crippen molar-refractivity contribution in [2.45, 2.75) is 106 Å². The van der Waals surface area contributed by atoms with E-state index >= 15 is 0 Å². The fourth-order valence-electron chi connectivity index (χ4n) is 4.38. The van der Waals surface area contributed by atoms with E-state index in [1.807, 2.05) is 0 Å². The summed E-state index contributed by atoms with van der Waals surface area (Å²) in [7, 11) is 0. The summed E-state index contributed by atoms with van der Waals surface area (Å²) in [6.07, 6.45) is -24.2. The molecule has 0 aromatic heterocycles. The zero-order chi connectivity index (χ0) is 27.8. The van der Waals surface area contributed by atoms with E-state index < -0.39 is 111 Å². The highest BCUT2D eigenvalue weighted by molar-refractivity contribution is 5.73. The Kier molecular flexibility index (Phi) is 9.78. The molecule has 37 heavy (non-hydrogen) atoms. The van der Waals surface area contributed by atoms with Gasteiger partial charge in [-0.1, -0.05) is 0 Å². The van der Waals surface area contributed by atoms with Crippen molar-refractivity contribution in [3.05, 3.63) is 0 Å². The number of carboxylic acids is 1. The Labute approximate surface area is 209 Å². The molecule has 3 aliphatic rings. The number of hydrogen-bond acceptors (Lipinski definition) is 15. The number of aliphatic hydroxyl groups is 8. The van der Waals surface area contributed by atoms with Crippen LogP contribution in [0.4, 0.5) is 0 Å². The van der Waals surface area contributed by atoms with E-state index in [2.05, 4.69) is 5.32 Å². The topological polar surface area (TPSA) is 274 Å². The van der Waals surface area contributed by atoms with Crippen LogP contribution in [0.15, 0.2) is 0 Å². The van der Waals surface area contributed by atoms with Gasteiger partial charge in [-0.05, 0) is 6.92 Å². The number of aliphatic carboxylic acids is 1. The second-order valence-electron chi connectivity index (χ2n) is 9.09. The second kappa shape index (κ2) is 12.1. The standard InChI is InChI=1S/C20H33NO16/c1-4-8(24)15(36-19-12(28)10(26)11(27)16(37-19)17(30)31)13(29)20(33-4)35-14-7(21-5(2)23)18(32)34-6(3-22)9(14)25/h4,6-16,18-20,22,24-29,32H,3H2,1-2H3,(H,21,23)(H,30,31)/t4-,6+,7+,8+,9+,10-,11-,12+,13-,14+,15+,16-,18+,19-,20-/m0/s1. The van der Waals surface area contributed by atoms with Crippen LogP contribution in [0.2, 0.25) is 0 Å². The molecule has 0 saturated carbocycles. The van der Waals surface area contributed by atoms with Gasteiger partial charge in [-0.3, -0.25) is 4.79 Å². The van der Waals surface area contributed by atoms with Crippen LogP contribution in [0.3, 0.4) is 0 Å². The second-order valence-corrected chi connectivity index (χ2v) is 9.09. The first-order valence-electron chi connectivity index (χ1n) is 11.4. The number of nitrogens with one attached hydrogen (secondary N) is 1. The van der Waals surface area contributed by atoms with Gasteiger partial charge in [0.25, 0.3) is 0 Å². The number of carboxylic acid groups (broad SMARTS) is 1. The molecule has 0 aliphatic carbocycles. The molecule has 3 fully saturated rings. The van der Waals surface area contributed by atoms with Crippen LogP contribution in [-0.2, 0) is 33.3 Å². The molecule has 3 rings (SSSR count). The smallest absolute Gasteiger partial charge is 0.335 e. The maximum Gasteiger partial charge on any atom is 0.335 e. The Morgan fingerprint density at radius 1 is 0.784 bits per heavy atom. The Balaban J connectivity index is 1.81. The van der Waals surface area contributed by atoms with Crippen LogP contribution in [0.5, 0.6) is 0 Å². The third-order valence-electron chi connectivity index (χ3n) is 6.42. The molecule has 3 saturated heterocycles. The molecular weight excluding hydrogens is 510 g/mol. The van der Waals surface area contributed by atoms with Crippen molar-refractivity contribution in [1.82, 2.24) is 5.32 Å². The average Bonchev–Trinajstić information content (AvgIpc) is 2.83. The number of amides is 1. The van der Waals surface area contributed by atoms with Gasteiger partial charge >= 0.3 is 5.97 Å². The lowest BCUT2D eigenvalue weighted by atomic mass is 9.95. The molecule has 3 heterocycles. The third-order valence-corrected chi connectivity index (χ3v) is 6.42. The van der Waals surface area contributed by atoms with Crippen LogP contribution in [0.1, 0.15) is 13.8 Å². The Morgan fingerprint density at radius 2 is 1.38 bits per heavy atom. The van der Waals surface area contributed by atoms with Gasteiger partial charge in [-0.25, -0.2) is 4.79 Å². The summed E-state index contributed by atoms with van der Waals surface area (Å²) >= 11 is 0. The number of carbonyl (C=O) groups is 2. The first-order valence-corrected chi connectivity index (χ1v) is 11.4. The van der Waals surface area contributed by atoms with E-state index in [0.29, 0.717) is 0 Å². The maximum absolute atomic E-state index is 11.6. The van der Waals surface area contributed by atoms with E-state index in [4.69, 9.17) is 23.7 Å². The fourth-order valence-corrected chi connectivity index (χ4v) is 4.38. The van der Waals surface area contributed by atoms with E-state index in [0.717, 1.165) is 6.92 Å². The fraction of sp³-hybridized carbons (Fsp3) is 0.900. The van der Waals surface area contributed by atoms with Gasteiger partial charge in [-0.15, -0.1) is 0 Å². The van der Waals surface area contributed by atoms with Gasteiger partial charge in [0, 0.05) is 6.92 Å². The van der Waals surface area contributed by atoms with Gasteiger partial charge in [0.15, 0.2) is 25.0 Å². The largest absolute Gasteiger partial charge is 0.479 e. The lowest BCUT2D eigenvalue weighted by Crippen LogP contribution is -2.68. The molecule has 3 aliphatic heterocycles. The normalized spacial score (nSPS) is 48.9. The molecule has 0 aromatic carbocycles. The minimum Gasteiger partial charge on any atom is -0.479 e. The summed E-state index contributed by atoms with van der Waals surface area (Å²) in [5.41, 5.74) is 0. The van der Waals surface area contributed by atoms with Gasteiger partial charge < -0.3 is 75.0 Å². The summed E-state index contributed by atoms with van der Waals surface area (Å²) in [6, 6.07) is -1.39. The number of hydrogen-bond donors (Lipinski definition) is 10. The van der Waals surface area contributed by atoms with Crippen LogP contribution in [-0.4, -0.2) is 156 Å². The molecule has 214 valence electrons. The summed E-state index contributed by atoms with van der Waals surface area (Å²) in [5.74, 6) is -2.31. The molecular formula is C20H33NO16. The van der Waals surface area contributed by atoms with Crippen molar-refractivity contribution in [3.8, 4) is 0 Å². The highest BCUT2D eigenvalue weighted by Gasteiger charge is 2.54.